The Morgan fingerprint density at radius 3 is 2.65 bits per heavy atom. The number of aryl methyl sites for hydroxylation is 3. The molecule has 1 aromatic heterocycles. The van der Waals surface area contributed by atoms with Crippen molar-refractivity contribution >= 4 is 5.69 Å². The van der Waals surface area contributed by atoms with E-state index in [4.69, 9.17) is 4.42 Å². The molecular formula is C13H15FN2O. The van der Waals surface area contributed by atoms with Gasteiger partial charge in [-0.05, 0) is 38.5 Å². The van der Waals surface area contributed by atoms with Gasteiger partial charge in [0.05, 0.1) is 17.9 Å². The number of aromatic nitrogens is 1. The van der Waals surface area contributed by atoms with Gasteiger partial charge >= 0.3 is 0 Å². The van der Waals surface area contributed by atoms with Crippen molar-refractivity contribution in [3.05, 3.63) is 46.9 Å². The summed E-state index contributed by atoms with van der Waals surface area (Å²) in [6, 6.07) is 5.07. The summed E-state index contributed by atoms with van der Waals surface area (Å²) in [6.07, 6.45) is 0. The summed E-state index contributed by atoms with van der Waals surface area (Å²) in [6.45, 7) is 5.98. The van der Waals surface area contributed by atoms with Crippen LogP contribution in [0, 0.1) is 26.6 Å². The predicted octanol–water partition coefficient (Wildman–Crippen LogP) is 3.35. The van der Waals surface area contributed by atoms with Crippen LogP contribution >= 0.6 is 0 Å². The maximum atomic E-state index is 13.5. The van der Waals surface area contributed by atoms with E-state index in [1.165, 1.54) is 6.07 Å². The van der Waals surface area contributed by atoms with Crippen molar-refractivity contribution in [2.75, 3.05) is 5.32 Å². The van der Waals surface area contributed by atoms with Crippen LogP contribution in [0.5, 0.6) is 0 Å². The molecule has 0 radical (unpaired) electrons. The molecule has 0 amide bonds. The minimum atomic E-state index is -0.259. The van der Waals surface area contributed by atoms with Crippen LogP contribution in [-0.2, 0) is 6.54 Å². The van der Waals surface area contributed by atoms with Crippen LogP contribution in [0.4, 0.5) is 10.1 Å². The second-order valence-electron chi connectivity index (χ2n) is 4.09. The van der Waals surface area contributed by atoms with E-state index in [0.717, 1.165) is 17.0 Å². The van der Waals surface area contributed by atoms with Crippen molar-refractivity contribution in [1.82, 2.24) is 4.98 Å². The number of nitrogens with zero attached hydrogens (tertiary/aromatic N) is 1. The van der Waals surface area contributed by atoms with Crippen molar-refractivity contribution in [2.45, 2.75) is 27.3 Å². The molecule has 0 aliphatic rings. The Labute approximate surface area is 99.7 Å². The topological polar surface area (TPSA) is 38.1 Å². The molecule has 0 saturated heterocycles. The van der Waals surface area contributed by atoms with Crippen LogP contribution in [-0.4, -0.2) is 4.98 Å². The summed E-state index contributed by atoms with van der Waals surface area (Å²) in [4.78, 5) is 4.22. The molecule has 0 fully saturated rings. The van der Waals surface area contributed by atoms with Gasteiger partial charge in [0, 0.05) is 0 Å². The van der Waals surface area contributed by atoms with E-state index in [0.29, 0.717) is 18.1 Å². The predicted molar refractivity (Wildman–Crippen MR) is 64.4 cm³/mol. The summed E-state index contributed by atoms with van der Waals surface area (Å²) in [5.41, 5.74) is 2.23. The molecule has 0 unspecified atom stereocenters. The minimum absolute atomic E-state index is 0.259. The third kappa shape index (κ3) is 2.64. The number of anilines is 1. The molecule has 0 atom stereocenters. The van der Waals surface area contributed by atoms with Crippen molar-refractivity contribution in [3.63, 3.8) is 0 Å². The highest BCUT2D eigenvalue weighted by atomic mass is 19.1. The molecule has 4 heteroatoms. The number of rotatable bonds is 3. The molecule has 0 spiro atoms. The number of benzene rings is 1. The maximum Gasteiger partial charge on any atom is 0.213 e. The largest absolute Gasteiger partial charge is 0.444 e. The quantitative estimate of drug-likeness (QED) is 0.885. The molecule has 0 aliphatic carbocycles. The van der Waals surface area contributed by atoms with E-state index >= 15 is 0 Å². The molecule has 1 aromatic carbocycles. The molecule has 1 N–H and O–H groups in total. The Morgan fingerprint density at radius 2 is 2.06 bits per heavy atom. The van der Waals surface area contributed by atoms with Crippen LogP contribution in [0.25, 0.3) is 0 Å². The molecule has 1 heterocycles. The number of hydrogen-bond acceptors (Lipinski definition) is 3. The van der Waals surface area contributed by atoms with E-state index in [9.17, 15) is 4.39 Å². The summed E-state index contributed by atoms with van der Waals surface area (Å²) in [5.74, 6) is 1.11. The SMILES string of the molecule is Cc1ccc(NCc2nc(C)c(C)o2)c(F)c1. The van der Waals surface area contributed by atoms with Crippen molar-refractivity contribution < 1.29 is 8.81 Å². The molecule has 0 aliphatic heterocycles. The van der Waals surface area contributed by atoms with Gasteiger partial charge in [-0.25, -0.2) is 9.37 Å². The lowest BCUT2D eigenvalue weighted by Gasteiger charge is -2.05. The first-order valence-electron chi connectivity index (χ1n) is 5.49. The molecule has 90 valence electrons. The van der Waals surface area contributed by atoms with Gasteiger partial charge in [0.1, 0.15) is 11.6 Å². The van der Waals surface area contributed by atoms with E-state index in [2.05, 4.69) is 10.3 Å². The minimum Gasteiger partial charge on any atom is -0.444 e. The number of nitrogens with one attached hydrogen (secondary N) is 1. The second kappa shape index (κ2) is 4.57. The van der Waals surface area contributed by atoms with Gasteiger partial charge in [-0.2, -0.15) is 0 Å². The normalized spacial score (nSPS) is 10.6. The van der Waals surface area contributed by atoms with Gasteiger partial charge in [-0.1, -0.05) is 6.07 Å². The fraction of sp³-hybridized carbons (Fsp3) is 0.308. The zero-order valence-corrected chi connectivity index (χ0v) is 10.2. The first-order chi connectivity index (χ1) is 8.06. The van der Waals surface area contributed by atoms with Crippen LogP contribution in [0.2, 0.25) is 0 Å². The van der Waals surface area contributed by atoms with Crippen LogP contribution in [0.1, 0.15) is 22.9 Å². The lowest BCUT2D eigenvalue weighted by Crippen LogP contribution is -2.01. The first kappa shape index (κ1) is 11.6. The molecular weight excluding hydrogens is 219 g/mol. The van der Waals surface area contributed by atoms with Gasteiger partial charge < -0.3 is 9.73 Å². The highest BCUT2D eigenvalue weighted by Gasteiger charge is 2.06. The average Bonchev–Trinajstić information content (AvgIpc) is 2.57. The number of halogens is 1. The van der Waals surface area contributed by atoms with E-state index < -0.39 is 0 Å². The number of hydrogen-bond donors (Lipinski definition) is 1. The molecule has 3 nitrogen and oxygen atoms in total. The Morgan fingerprint density at radius 1 is 1.29 bits per heavy atom. The smallest absolute Gasteiger partial charge is 0.213 e. The van der Waals surface area contributed by atoms with Gasteiger partial charge in [0.2, 0.25) is 5.89 Å². The Balaban J connectivity index is 2.07. The zero-order valence-electron chi connectivity index (χ0n) is 10.2. The first-order valence-corrected chi connectivity index (χ1v) is 5.49. The van der Waals surface area contributed by atoms with Crippen LogP contribution in [0.15, 0.2) is 22.6 Å². The van der Waals surface area contributed by atoms with Crippen molar-refractivity contribution in [2.24, 2.45) is 0 Å². The summed E-state index contributed by atoms with van der Waals surface area (Å²) in [7, 11) is 0. The van der Waals surface area contributed by atoms with Crippen molar-refractivity contribution in [1.29, 1.82) is 0 Å². The van der Waals surface area contributed by atoms with Crippen molar-refractivity contribution in [3.8, 4) is 0 Å². The molecule has 0 bridgehead atoms. The lowest BCUT2D eigenvalue weighted by molar-refractivity contribution is 0.478. The highest BCUT2D eigenvalue weighted by molar-refractivity contribution is 5.46. The summed E-state index contributed by atoms with van der Waals surface area (Å²) < 4.78 is 18.9. The van der Waals surface area contributed by atoms with E-state index in [-0.39, 0.29) is 5.82 Å². The molecule has 0 saturated carbocycles. The maximum absolute atomic E-state index is 13.5. The molecule has 17 heavy (non-hydrogen) atoms. The molecule has 2 aromatic rings. The van der Waals surface area contributed by atoms with Gasteiger partial charge in [-0.15, -0.1) is 0 Å². The highest BCUT2D eigenvalue weighted by Crippen LogP contribution is 2.16. The second-order valence-corrected chi connectivity index (χ2v) is 4.09. The van der Waals surface area contributed by atoms with Gasteiger partial charge in [-0.3, -0.25) is 0 Å². The lowest BCUT2D eigenvalue weighted by atomic mass is 10.2. The monoisotopic (exact) mass is 234 g/mol. The fourth-order valence-electron chi connectivity index (χ4n) is 1.55. The average molecular weight is 234 g/mol. The summed E-state index contributed by atoms with van der Waals surface area (Å²) in [5, 5.41) is 2.97. The van der Waals surface area contributed by atoms with Gasteiger partial charge in [0.25, 0.3) is 0 Å². The number of oxazole rings is 1. The zero-order chi connectivity index (χ0) is 12.4. The Hall–Kier alpha value is -1.84. The standard InChI is InChI=1S/C13H15FN2O/c1-8-4-5-12(11(14)6-8)15-7-13-16-9(2)10(3)17-13/h4-6,15H,7H2,1-3H3. The fourth-order valence-corrected chi connectivity index (χ4v) is 1.55. The van der Waals surface area contributed by atoms with Gasteiger partial charge in [0.15, 0.2) is 0 Å². The van der Waals surface area contributed by atoms with Crippen LogP contribution in [0.3, 0.4) is 0 Å². The van der Waals surface area contributed by atoms with E-state index in [1.54, 1.807) is 6.07 Å². The third-order valence-electron chi connectivity index (χ3n) is 2.63. The Bertz CT molecular complexity index is 515. The summed E-state index contributed by atoms with van der Waals surface area (Å²) >= 11 is 0. The van der Waals surface area contributed by atoms with Crippen LogP contribution < -0.4 is 5.32 Å². The van der Waals surface area contributed by atoms with E-state index in [1.807, 2.05) is 26.8 Å². The molecule has 2 rings (SSSR count). The Kier molecular flexibility index (Phi) is 3.13. The third-order valence-corrected chi connectivity index (χ3v) is 2.63.